The van der Waals surface area contributed by atoms with Crippen molar-refractivity contribution in [3.8, 4) is 0 Å². The highest BCUT2D eigenvalue weighted by Gasteiger charge is 2.31. The maximum Gasteiger partial charge on any atom is 0.339 e. The first-order chi connectivity index (χ1) is 7.86. The average molecular weight is 414 g/mol. The van der Waals surface area contributed by atoms with Gasteiger partial charge in [-0.3, -0.25) is 0 Å². The van der Waals surface area contributed by atoms with Crippen molar-refractivity contribution in [3.63, 3.8) is 0 Å². The molecule has 1 unspecified atom stereocenters. The van der Waals surface area contributed by atoms with Crippen LogP contribution in [0.25, 0.3) is 0 Å². The normalized spacial score (nSPS) is 13.9. The van der Waals surface area contributed by atoms with E-state index in [1.54, 1.807) is 0 Å². The summed E-state index contributed by atoms with van der Waals surface area (Å²) in [6.45, 7) is 1.49. The molecule has 1 aromatic rings. The molecular weight excluding hydrogens is 401 g/mol. The first-order valence-electron chi connectivity index (χ1n) is 4.86. The van der Waals surface area contributed by atoms with Crippen LogP contribution in [-0.4, -0.2) is 30.3 Å². The fourth-order valence-corrected chi connectivity index (χ4v) is 2.07. The number of benzene rings is 1. The number of esters is 1. The van der Waals surface area contributed by atoms with Crippen molar-refractivity contribution in [1.82, 2.24) is 0 Å². The van der Waals surface area contributed by atoms with E-state index >= 15 is 0 Å². The molecule has 94 valence electrons. The van der Waals surface area contributed by atoms with Crippen LogP contribution in [0.3, 0.4) is 0 Å². The van der Waals surface area contributed by atoms with Gasteiger partial charge in [0.2, 0.25) is 0 Å². The van der Waals surface area contributed by atoms with E-state index in [0.29, 0.717) is 0 Å². The Bertz CT molecular complexity index is 423. The highest BCUT2D eigenvalue weighted by molar-refractivity contribution is 14.1. The zero-order valence-corrected chi connectivity index (χ0v) is 13.2. The van der Waals surface area contributed by atoms with Crippen molar-refractivity contribution in [2.45, 2.75) is 12.5 Å². The van der Waals surface area contributed by atoms with Gasteiger partial charge in [0.05, 0.1) is 13.7 Å². The second kappa shape index (κ2) is 6.01. The number of carbonyl (C=O) groups excluding carboxylic acids is 1. The average Bonchev–Trinajstić information content (AvgIpc) is 2.29. The van der Waals surface area contributed by atoms with E-state index in [1.165, 1.54) is 14.0 Å². The van der Waals surface area contributed by atoms with Crippen LogP contribution in [0.1, 0.15) is 6.92 Å². The highest BCUT2D eigenvalue weighted by atomic mass is 127. The third-order valence-electron chi connectivity index (χ3n) is 2.18. The summed E-state index contributed by atoms with van der Waals surface area (Å²) in [5.74, 6) is -0.660. The molecule has 0 saturated carbocycles. The molecule has 0 bridgehead atoms. The summed E-state index contributed by atoms with van der Waals surface area (Å²) in [6.07, 6.45) is 0. The van der Waals surface area contributed by atoms with Crippen LogP contribution >= 0.6 is 38.5 Å². The van der Waals surface area contributed by atoms with Crippen molar-refractivity contribution in [2.24, 2.45) is 0 Å². The molecule has 0 radical (unpaired) electrons. The molecule has 17 heavy (non-hydrogen) atoms. The molecule has 1 rings (SSSR count). The minimum atomic E-state index is -1.55. The molecule has 0 fully saturated rings. The van der Waals surface area contributed by atoms with Crippen molar-refractivity contribution in [3.05, 3.63) is 26.2 Å². The third-order valence-corrected chi connectivity index (χ3v) is 3.54. The quantitative estimate of drug-likeness (QED) is 0.587. The van der Waals surface area contributed by atoms with Crippen molar-refractivity contribution in [1.29, 1.82) is 0 Å². The Hall–Kier alpha value is -0.340. The maximum absolute atomic E-state index is 11.3. The van der Waals surface area contributed by atoms with E-state index < -0.39 is 11.6 Å². The molecule has 1 atom stereocenters. The SMILES string of the molecule is COC(=O)C(C)(O)CNc1cc(I)ccc1Br. The lowest BCUT2D eigenvalue weighted by atomic mass is 10.1. The summed E-state index contributed by atoms with van der Waals surface area (Å²) >= 11 is 5.58. The van der Waals surface area contributed by atoms with Gasteiger partial charge in [0.25, 0.3) is 0 Å². The van der Waals surface area contributed by atoms with Crippen LogP contribution in [0.5, 0.6) is 0 Å². The van der Waals surface area contributed by atoms with Crippen LogP contribution < -0.4 is 5.32 Å². The molecule has 0 spiro atoms. The number of carbonyl (C=O) groups is 1. The largest absolute Gasteiger partial charge is 0.467 e. The Morgan fingerprint density at radius 2 is 2.29 bits per heavy atom. The Morgan fingerprint density at radius 3 is 2.88 bits per heavy atom. The molecule has 0 heterocycles. The van der Waals surface area contributed by atoms with Gasteiger partial charge in [0, 0.05) is 13.7 Å². The fourth-order valence-electron chi connectivity index (χ4n) is 1.19. The van der Waals surface area contributed by atoms with Crippen LogP contribution in [0.15, 0.2) is 22.7 Å². The van der Waals surface area contributed by atoms with E-state index in [-0.39, 0.29) is 6.54 Å². The molecule has 1 aromatic carbocycles. The van der Waals surface area contributed by atoms with Gasteiger partial charge in [-0.1, -0.05) is 0 Å². The summed E-state index contributed by atoms with van der Waals surface area (Å²) in [5, 5.41) is 12.9. The fraction of sp³-hybridized carbons (Fsp3) is 0.364. The van der Waals surface area contributed by atoms with Crippen molar-refractivity contribution < 1.29 is 14.6 Å². The Labute approximate surface area is 122 Å². The van der Waals surface area contributed by atoms with Gasteiger partial charge in [-0.25, -0.2) is 4.79 Å². The van der Waals surface area contributed by atoms with Gasteiger partial charge in [-0.15, -0.1) is 0 Å². The van der Waals surface area contributed by atoms with E-state index in [1.807, 2.05) is 18.2 Å². The summed E-state index contributed by atoms with van der Waals surface area (Å²) in [7, 11) is 1.25. The molecule has 2 N–H and O–H groups in total. The monoisotopic (exact) mass is 413 g/mol. The minimum Gasteiger partial charge on any atom is -0.467 e. The molecule has 0 aliphatic rings. The van der Waals surface area contributed by atoms with Crippen LogP contribution in [0.4, 0.5) is 5.69 Å². The molecule has 0 amide bonds. The summed E-state index contributed by atoms with van der Waals surface area (Å²) in [6, 6.07) is 5.77. The van der Waals surface area contributed by atoms with E-state index in [4.69, 9.17) is 0 Å². The number of rotatable bonds is 4. The van der Waals surface area contributed by atoms with Crippen LogP contribution in [0.2, 0.25) is 0 Å². The summed E-state index contributed by atoms with van der Waals surface area (Å²) in [5.41, 5.74) is -0.726. The Morgan fingerprint density at radius 1 is 1.65 bits per heavy atom. The lowest BCUT2D eigenvalue weighted by Crippen LogP contribution is -2.42. The van der Waals surface area contributed by atoms with E-state index in [9.17, 15) is 9.90 Å². The smallest absolute Gasteiger partial charge is 0.339 e. The lowest BCUT2D eigenvalue weighted by Gasteiger charge is -2.21. The Balaban J connectivity index is 2.73. The van der Waals surface area contributed by atoms with Gasteiger partial charge < -0.3 is 15.2 Å². The van der Waals surface area contributed by atoms with Gasteiger partial charge in [-0.05, 0) is 63.6 Å². The van der Waals surface area contributed by atoms with Crippen molar-refractivity contribution in [2.75, 3.05) is 19.0 Å². The number of nitrogens with one attached hydrogen (secondary N) is 1. The second-order valence-corrected chi connectivity index (χ2v) is 5.84. The molecule has 4 nitrogen and oxygen atoms in total. The topological polar surface area (TPSA) is 58.6 Å². The van der Waals surface area contributed by atoms with Crippen LogP contribution in [0, 0.1) is 3.57 Å². The maximum atomic E-state index is 11.3. The molecule has 0 aliphatic carbocycles. The zero-order valence-electron chi connectivity index (χ0n) is 9.46. The standard InChI is InChI=1S/C11H13BrINO3/c1-11(16,10(15)17-2)6-14-9-5-7(13)3-4-8(9)12/h3-5,14,16H,6H2,1-2H3. The molecule has 0 saturated heterocycles. The van der Waals surface area contributed by atoms with Crippen LogP contribution in [-0.2, 0) is 9.53 Å². The minimum absolute atomic E-state index is 0.0817. The molecular formula is C11H13BrINO3. The van der Waals surface area contributed by atoms with Gasteiger partial charge >= 0.3 is 5.97 Å². The number of hydrogen-bond acceptors (Lipinski definition) is 4. The predicted octanol–water partition coefficient (Wildman–Crippen LogP) is 2.39. The van der Waals surface area contributed by atoms with Gasteiger partial charge in [-0.2, -0.15) is 0 Å². The number of halogens is 2. The van der Waals surface area contributed by atoms with Crippen molar-refractivity contribution >= 4 is 50.2 Å². The number of hydrogen-bond donors (Lipinski definition) is 2. The number of aliphatic hydroxyl groups is 1. The molecule has 0 aliphatic heterocycles. The first kappa shape index (κ1) is 14.7. The summed E-state index contributed by atoms with van der Waals surface area (Å²) < 4.78 is 6.45. The highest BCUT2D eigenvalue weighted by Crippen LogP contribution is 2.25. The molecule has 6 heteroatoms. The molecule has 0 aromatic heterocycles. The second-order valence-electron chi connectivity index (χ2n) is 3.74. The van der Waals surface area contributed by atoms with Gasteiger partial charge in [0.1, 0.15) is 0 Å². The van der Waals surface area contributed by atoms with E-state index in [2.05, 4.69) is 48.6 Å². The number of ether oxygens (including phenoxy) is 1. The lowest BCUT2D eigenvalue weighted by molar-refractivity contribution is -0.158. The third kappa shape index (κ3) is 4.11. The predicted molar refractivity (Wildman–Crippen MR) is 78.0 cm³/mol. The Kier molecular flexibility index (Phi) is 5.21. The summed E-state index contributed by atoms with van der Waals surface area (Å²) in [4.78, 5) is 11.3. The van der Waals surface area contributed by atoms with E-state index in [0.717, 1.165) is 13.7 Å². The first-order valence-corrected chi connectivity index (χ1v) is 6.73. The number of methoxy groups -OCH3 is 1. The number of anilines is 1. The zero-order chi connectivity index (χ0) is 13.1. The van der Waals surface area contributed by atoms with Gasteiger partial charge in [0.15, 0.2) is 5.60 Å².